The van der Waals surface area contributed by atoms with Gasteiger partial charge in [0.2, 0.25) is 5.75 Å². The highest BCUT2D eigenvalue weighted by Crippen LogP contribution is 2.40. The summed E-state index contributed by atoms with van der Waals surface area (Å²) < 4.78 is 10.4. The summed E-state index contributed by atoms with van der Waals surface area (Å²) in [6.07, 6.45) is 1.75. The van der Waals surface area contributed by atoms with E-state index in [1.165, 1.54) is 26.0 Å². The van der Waals surface area contributed by atoms with E-state index in [0.29, 0.717) is 27.2 Å². The number of halogens is 1. The zero-order valence-corrected chi connectivity index (χ0v) is 18.8. The number of amidine groups is 1. The number of aromatic hydroxyl groups is 1. The molecule has 1 aliphatic heterocycles. The Labute approximate surface area is 185 Å². The lowest BCUT2D eigenvalue weighted by Gasteiger charge is -2.17. The summed E-state index contributed by atoms with van der Waals surface area (Å²) in [5.74, 6) is 0.612. The molecule has 6 nitrogen and oxygen atoms in total. The molecule has 3 rings (SSSR count). The maximum Gasteiger partial charge on any atom is 0.266 e. The van der Waals surface area contributed by atoms with Gasteiger partial charge in [0.05, 0.1) is 24.8 Å². The number of methoxy groups -OCH3 is 2. The normalized spacial score (nSPS) is 16.7. The Hall–Kier alpha value is -2.64. The third-order valence-corrected chi connectivity index (χ3v) is 5.55. The molecule has 1 heterocycles. The van der Waals surface area contributed by atoms with Crippen LogP contribution in [0.15, 0.2) is 46.3 Å². The van der Waals surface area contributed by atoms with Gasteiger partial charge < -0.3 is 14.6 Å². The number of thioether (sulfide) groups is 1. The van der Waals surface area contributed by atoms with E-state index in [-0.39, 0.29) is 29.1 Å². The van der Waals surface area contributed by atoms with E-state index < -0.39 is 0 Å². The first-order chi connectivity index (χ1) is 14.3. The van der Waals surface area contributed by atoms with E-state index in [1.54, 1.807) is 35.2 Å². The molecule has 0 bridgehead atoms. The van der Waals surface area contributed by atoms with Crippen molar-refractivity contribution in [2.75, 3.05) is 20.8 Å². The van der Waals surface area contributed by atoms with Crippen LogP contribution in [0.2, 0.25) is 5.02 Å². The lowest BCUT2D eigenvalue weighted by molar-refractivity contribution is -0.122. The maximum atomic E-state index is 13.1. The van der Waals surface area contributed by atoms with Gasteiger partial charge in [-0.15, -0.1) is 0 Å². The molecule has 0 saturated carbocycles. The van der Waals surface area contributed by atoms with Crippen molar-refractivity contribution in [2.24, 2.45) is 10.9 Å². The van der Waals surface area contributed by atoms with E-state index >= 15 is 0 Å². The highest BCUT2D eigenvalue weighted by atomic mass is 35.5. The van der Waals surface area contributed by atoms with Crippen molar-refractivity contribution in [3.63, 3.8) is 0 Å². The Morgan fingerprint density at radius 1 is 1.17 bits per heavy atom. The van der Waals surface area contributed by atoms with Crippen LogP contribution in [-0.4, -0.2) is 41.8 Å². The van der Waals surface area contributed by atoms with Crippen molar-refractivity contribution >= 4 is 46.2 Å². The minimum Gasteiger partial charge on any atom is -0.502 e. The zero-order valence-electron chi connectivity index (χ0n) is 17.2. The standard InChI is InChI=1S/C22H23ClN2O4S/c1-13(2)12-25-21(27)19(30-22(25)24-16-7-5-15(23)6-8-16)11-14-9-17(28-3)20(26)18(10-14)29-4/h5-11,13,26H,12H2,1-4H3/b19-11-,24-22?. The van der Waals surface area contributed by atoms with Crippen molar-refractivity contribution in [3.8, 4) is 17.2 Å². The molecule has 1 saturated heterocycles. The van der Waals surface area contributed by atoms with E-state index in [1.807, 2.05) is 12.1 Å². The first-order valence-electron chi connectivity index (χ1n) is 9.33. The highest BCUT2D eigenvalue weighted by Gasteiger charge is 2.33. The number of carbonyl (C=O) groups is 1. The summed E-state index contributed by atoms with van der Waals surface area (Å²) in [5, 5.41) is 11.4. The van der Waals surface area contributed by atoms with E-state index in [9.17, 15) is 9.90 Å². The van der Waals surface area contributed by atoms with Gasteiger partial charge in [-0.3, -0.25) is 9.69 Å². The lowest BCUT2D eigenvalue weighted by atomic mass is 10.1. The summed E-state index contributed by atoms with van der Waals surface area (Å²) in [4.78, 5) is 20.0. The fourth-order valence-corrected chi connectivity index (χ4v) is 4.03. The average molecular weight is 447 g/mol. The molecular formula is C22H23ClN2O4S. The van der Waals surface area contributed by atoms with Gasteiger partial charge in [0.25, 0.3) is 5.91 Å². The lowest BCUT2D eigenvalue weighted by Crippen LogP contribution is -2.32. The Morgan fingerprint density at radius 3 is 2.30 bits per heavy atom. The summed E-state index contributed by atoms with van der Waals surface area (Å²) >= 11 is 7.26. The van der Waals surface area contributed by atoms with Crippen LogP contribution in [0.25, 0.3) is 6.08 Å². The minimum atomic E-state index is -0.118. The molecule has 0 aliphatic carbocycles. The number of aliphatic imine (C=N–C) groups is 1. The van der Waals surface area contributed by atoms with Crippen LogP contribution in [0.3, 0.4) is 0 Å². The predicted molar refractivity (Wildman–Crippen MR) is 122 cm³/mol. The molecule has 158 valence electrons. The van der Waals surface area contributed by atoms with Crippen LogP contribution in [0.5, 0.6) is 17.2 Å². The molecule has 2 aromatic carbocycles. The number of nitrogens with zero attached hydrogens (tertiary/aromatic N) is 2. The fourth-order valence-electron chi connectivity index (χ4n) is 2.89. The third kappa shape index (κ3) is 4.91. The van der Waals surface area contributed by atoms with Crippen molar-refractivity contribution in [3.05, 3.63) is 51.9 Å². The number of ether oxygens (including phenoxy) is 2. The average Bonchev–Trinajstić information content (AvgIpc) is 2.99. The monoisotopic (exact) mass is 446 g/mol. The Kier molecular flexibility index (Phi) is 6.95. The fraction of sp³-hybridized carbons (Fsp3) is 0.273. The molecule has 0 spiro atoms. The number of phenolic OH excluding ortho intramolecular Hbond substituents is 1. The number of hydrogen-bond acceptors (Lipinski definition) is 6. The molecule has 1 N–H and O–H groups in total. The van der Waals surface area contributed by atoms with E-state index in [0.717, 1.165) is 5.69 Å². The molecule has 1 aliphatic rings. The van der Waals surface area contributed by atoms with Crippen LogP contribution >= 0.6 is 23.4 Å². The number of carbonyl (C=O) groups excluding carboxylic acids is 1. The van der Waals surface area contributed by atoms with Gasteiger partial charge in [-0.25, -0.2) is 4.99 Å². The number of benzene rings is 2. The molecule has 0 radical (unpaired) electrons. The highest BCUT2D eigenvalue weighted by molar-refractivity contribution is 8.18. The van der Waals surface area contributed by atoms with Crippen LogP contribution in [0.4, 0.5) is 5.69 Å². The van der Waals surface area contributed by atoms with E-state index in [4.69, 9.17) is 21.1 Å². The first kappa shape index (κ1) is 22.1. The summed E-state index contributed by atoms with van der Waals surface area (Å²) in [6, 6.07) is 10.5. The summed E-state index contributed by atoms with van der Waals surface area (Å²) in [7, 11) is 2.92. The van der Waals surface area contributed by atoms with Gasteiger partial charge in [-0.2, -0.15) is 0 Å². The summed E-state index contributed by atoms with van der Waals surface area (Å²) in [6.45, 7) is 4.66. The Bertz CT molecular complexity index is 978. The maximum absolute atomic E-state index is 13.1. The number of amides is 1. The summed E-state index contributed by atoms with van der Waals surface area (Å²) in [5.41, 5.74) is 1.40. The van der Waals surface area contributed by atoms with Crippen molar-refractivity contribution in [1.29, 1.82) is 0 Å². The van der Waals surface area contributed by atoms with Gasteiger partial charge in [0.15, 0.2) is 16.7 Å². The number of phenols is 1. The second kappa shape index (κ2) is 9.45. The topological polar surface area (TPSA) is 71.4 Å². The van der Waals surface area contributed by atoms with Crippen molar-refractivity contribution in [1.82, 2.24) is 4.90 Å². The van der Waals surface area contributed by atoms with Gasteiger partial charge >= 0.3 is 0 Å². The van der Waals surface area contributed by atoms with Gasteiger partial charge in [0, 0.05) is 11.6 Å². The molecule has 2 aromatic rings. The molecule has 0 atom stereocenters. The second-order valence-electron chi connectivity index (χ2n) is 7.07. The number of hydrogen-bond donors (Lipinski definition) is 1. The van der Waals surface area contributed by atoms with Crippen LogP contribution in [0, 0.1) is 5.92 Å². The van der Waals surface area contributed by atoms with E-state index in [2.05, 4.69) is 18.8 Å². The predicted octanol–water partition coefficient (Wildman–Crippen LogP) is 5.32. The third-order valence-electron chi connectivity index (χ3n) is 4.29. The van der Waals surface area contributed by atoms with Crippen molar-refractivity contribution < 1.29 is 19.4 Å². The minimum absolute atomic E-state index is 0.0843. The van der Waals surface area contributed by atoms with Crippen LogP contribution < -0.4 is 9.47 Å². The molecular weight excluding hydrogens is 424 g/mol. The molecule has 8 heteroatoms. The zero-order chi connectivity index (χ0) is 21.8. The molecule has 0 unspecified atom stereocenters. The van der Waals surface area contributed by atoms with Crippen LogP contribution in [0.1, 0.15) is 19.4 Å². The van der Waals surface area contributed by atoms with Crippen LogP contribution in [-0.2, 0) is 4.79 Å². The Balaban J connectivity index is 2.00. The quantitative estimate of drug-likeness (QED) is 0.608. The largest absolute Gasteiger partial charge is 0.502 e. The Morgan fingerprint density at radius 2 is 1.77 bits per heavy atom. The van der Waals surface area contributed by atoms with Gasteiger partial charge in [0.1, 0.15) is 0 Å². The SMILES string of the molecule is COc1cc(/C=C2\SC(=Nc3ccc(Cl)cc3)N(CC(C)C)C2=O)cc(OC)c1O. The molecule has 30 heavy (non-hydrogen) atoms. The van der Waals surface area contributed by atoms with Gasteiger partial charge in [-0.1, -0.05) is 25.4 Å². The number of rotatable bonds is 6. The molecule has 1 amide bonds. The second-order valence-corrected chi connectivity index (χ2v) is 8.51. The smallest absolute Gasteiger partial charge is 0.266 e. The first-order valence-corrected chi connectivity index (χ1v) is 10.5. The molecule has 0 aromatic heterocycles. The molecule has 1 fully saturated rings. The van der Waals surface area contributed by atoms with Crippen molar-refractivity contribution in [2.45, 2.75) is 13.8 Å². The van der Waals surface area contributed by atoms with Gasteiger partial charge in [-0.05, 0) is 65.7 Å².